The van der Waals surface area contributed by atoms with Crippen LogP contribution in [-0.4, -0.2) is 10.8 Å². The highest BCUT2D eigenvalue weighted by Gasteiger charge is 2.18. The minimum Gasteiger partial charge on any atom is -0.395 e. The third-order valence-electron chi connectivity index (χ3n) is 2.44. The molecule has 1 aromatic heterocycles. The van der Waals surface area contributed by atoms with Crippen molar-refractivity contribution in [3.63, 3.8) is 0 Å². The van der Waals surface area contributed by atoms with E-state index in [0.717, 1.165) is 16.1 Å². The Hall–Kier alpha value is -2.15. The number of nitrogens with zero attached hydrogens (tertiary/aromatic N) is 1. The first-order valence-corrected chi connectivity index (χ1v) is 6.09. The summed E-state index contributed by atoms with van der Waals surface area (Å²) < 4.78 is 5.58. The molecule has 0 saturated heterocycles. The van der Waals surface area contributed by atoms with Gasteiger partial charge in [0, 0.05) is 4.47 Å². The monoisotopic (exact) mass is 324 g/mol. The van der Waals surface area contributed by atoms with Crippen LogP contribution in [0.2, 0.25) is 0 Å². The maximum atomic E-state index is 11.9. The summed E-state index contributed by atoms with van der Waals surface area (Å²) in [5, 5.41) is 13.1. The summed E-state index contributed by atoms with van der Waals surface area (Å²) >= 11 is 3.36. The van der Waals surface area contributed by atoms with Crippen molar-refractivity contribution >= 4 is 33.4 Å². The number of aryl methyl sites for hydroxylation is 1. The summed E-state index contributed by atoms with van der Waals surface area (Å²) in [6, 6.07) is 7.79. The summed E-state index contributed by atoms with van der Waals surface area (Å²) in [6.07, 6.45) is 0. The van der Waals surface area contributed by atoms with Crippen LogP contribution in [0, 0.1) is 17.0 Å². The van der Waals surface area contributed by atoms with Crippen LogP contribution in [0.15, 0.2) is 39.2 Å². The van der Waals surface area contributed by atoms with Gasteiger partial charge in [0.15, 0.2) is 5.76 Å². The van der Waals surface area contributed by atoms with Crippen LogP contribution in [0.3, 0.4) is 0 Å². The number of hydrogen-bond donors (Lipinski definition) is 1. The molecule has 7 heteroatoms. The van der Waals surface area contributed by atoms with Crippen molar-refractivity contribution in [2.24, 2.45) is 0 Å². The van der Waals surface area contributed by atoms with Gasteiger partial charge in [-0.2, -0.15) is 0 Å². The zero-order valence-corrected chi connectivity index (χ0v) is 11.4. The standard InChI is InChI=1S/C12H9BrN2O4/c1-7-3-2-4-8(11(7)13)14-12(16)9-5-6-10(19-9)15(17)18/h2-6H,1H3,(H,14,16). The van der Waals surface area contributed by atoms with Gasteiger partial charge in [0.1, 0.15) is 4.92 Å². The summed E-state index contributed by atoms with van der Waals surface area (Å²) in [5.74, 6) is -1.12. The number of nitro groups is 1. The van der Waals surface area contributed by atoms with Crippen molar-refractivity contribution in [1.82, 2.24) is 0 Å². The number of halogens is 1. The van der Waals surface area contributed by atoms with Gasteiger partial charge in [-0.15, -0.1) is 0 Å². The number of rotatable bonds is 3. The Morgan fingerprint density at radius 3 is 2.74 bits per heavy atom. The molecular formula is C12H9BrN2O4. The molecule has 0 saturated carbocycles. The predicted molar refractivity (Wildman–Crippen MR) is 72.2 cm³/mol. The zero-order chi connectivity index (χ0) is 14.0. The minimum absolute atomic E-state index is 0.111. The average molecular weight is 325 g/mol. The first-order valence-electron chi connectivity index (χ1n) is 5.29. The third-order valence-corrected chi connectivity index (χ3v) is 3.49. The quantitative estimate of drug-likeness (QED) is 0.691. The Morgan fingerprint density at radius 2 is 2.11 bits per heavy atom. The molecule has 2 aromatic rings. The van der Waals surface area contributed by atoms with Crippen LogP contribution < -0.4 is 5.32 Å². The summed E-state index contributed by atoms with van der Waals surface area (Å²) in [7, 11) is 0. The van der Waals surface area contributed by atoms with Crippen molar-refractivity contribution in [1.29, 1.82) is 0 Å². The topological polar surface area (TPSA) is 85.4 Å². The second-order valence-corrected chi connectivity index (χ2v) is 4.58. The molecule has 2 rings (SSSR count). The second-order valence-electron chi connectivity index (χ2n) is 3.79. The van der Waals surface area contributed by atoms with E-state index >= 15 is 0 Å². The second kappa shape index (κ2) is 5.23. The number of benzene rings is 1. The molecule has 0 radical (unpaired) electrons. The van der Waals surface area contributed by atoms with E-state index in [1.807, 2.05) is 13.0 Å². The molecule has 1 amide bonds. The van der Waals surface area contributed by atoms with Crippen LogP contribution >= 0.6 is 15.9 Å². The number of carbonyl (C=O) groups is 1. The smallest absolute Gasteiger partial charge is 0.395 e. The van der Waals surface area contributed by atoms with Gasteiger partial charge in [-0.1, -0.05) is 12.1 Å². The van der Waals surface area contributed by atoms with Crippen molar-refractivity contribution in [2.75, 3.05) is 5.32 Å². The van der Waals surface area contributed by atoms with Crippen molar-refractivity contribution in [3.8, 4) is 0 Å². The highest BCUT2D eigenvalue weighted by Crippen LogP contribution is 2.26. The lowest BCUT2D eigenvalue weighted by Gasteiger charge is -2.07. The van der Waals surface area contributed by atoms with Crippen LogP contribution in [0.25, 0.3) is 0 Å². The third kappa shape index (κ3) is 2.82. The molecule has 1 heterocycles. The van der Waals surface area contributed by atoms with E-state index in [0.29, 0.717) is 5.69 Å². The number of nitrogens with one attached hydrogen (secondary N) is 1. The molecule has 0 aliphatic rings. The first-order chi connectivity index (χ1) is 8.99. The van der Waals surface area contributed by atoms with E-state index in [4.69, 9.17) is 4.42 Å². The SMILES string of the molecule is Cc1cccc(NC(=O)c2ccc([N+](=O)[O-])o2)c1Br. The molecule has 0 atom stereocenters. The minimum atomic E-state index is -0.695. The largest absolute Gasteiger partial charge is 0.433 e. The molecule has 98 valence electrons. The molecule has 6 nitrogen and oxygen atoms in total. The number of hydrogen-bond acceptors (Lipinski definition) is 4. The van der Waals surface area contributed by atoms with Gasteiger partial charge in [0.25, 0.3) is 5.91 Å². The molecule has 0 fully saturated rings. The lowest BCUT2D eigenvalue weighted by Crippen LogP contribution is -2.11. The fourth-order valence-corrected chi connectivity index (χ4v) is 1.84. The van der Waals surface area contributed by atoms with Gasteiger partial charge in [0.05, 0.1) is 11.8 Å². The van der Waals surface area contributed by atoms with E-state index in [2.05, 4.69) is 21.2 Å². The van der Waals surface area contributed by atoms with Gasteiger partial charge in [-0.05, 0) is 40.5 Å². The van der Waals surface area contributed by atoms with Crippen LogP contribution in [-0.2, 0) is 0 Å². The van der Waals surface area contributed by atoms with E-state index in [1.54, 1.807) is 12.1 Å². The summed E-state index contributed by atoms with van der Waals surface area (Å²) in [4.78, 5) is 21.6. The van der Waals surface area contributed by atoms with Gasteiger partial charge < -0.3 is 9.73 Å². The van der Waals surface area contributed by atoms with E-state index in [-0.39, 0.29) is 5.76 Å². The Bertz CT molecular complexity index is 651. The van der Waals surface area contributed by atoms with E-state index < -0.39 is 16.7 Å². The van der Waals surface area contributed by atoms with Gasteiger partial charge >= 0.3 is 5.88 Å². The van der Waals surface area contributed by atoms with Crippen molar-refractivity contribution in [3.05, 3.63) is 56.2 Å². The lowest BCUT2D eigenvalue weighted by atomic mass is 10.2. The predicted octanol–water partition coefficient (Wildman–Crippen LogP) is 3.51. The number of carbonyl (C=O) groups excluding carboxylic acids is 1. The molecule has 1 N–H and O–H groups in total. The fraction of sp³-hybridized carbons (Fsp3) is 0.0833. The number of anilines is 1. The fourth-order valence-electron chi connectivity index (χ4n) is 1.48. The van der Waals surface area contributed by atoms with E-state index in [9.17, 15) is 14.9 Å². The highest BCUT2D eigenvalue weighted by molar-refractivity contribution is 9.10. The molecule has 1 aromatic carbocycles. The number of furan rings is 1. The van der Waals surface area contributed by atoms with Gasteiger partial charge in [-0.3, -0.25) is 14.9 Å². The first kappa shape index (κ1) is 13.3. The van der Waals surface area contributed by atoms with Crippen molar-refractivity contribution < 1.29 is 14.1 Å². The Morgan fingerprint density at radius 1 is 1.37 bits per heavy atom. The molecule has 0 aliphatic heterocycles. The Labute approximate surface area is 116 Å². The van der Waals surface area contributed by atoms with Crippen molar-refractivity contribution in [2.45, 2.75) is 6.92 Å². The maximum Gasteiger partial charge on any atom is 0.433 e. The normalized spacial score (nSPS) is 10.2. The molecular weight excluding hydrogens is 316 g/mol. The van der Waals surface area contributed by atoms with Gasteiger partial charge in [-0.25, -0.2) is 0 Å². The average Bonchev–Trinajstić information content (AvgIpc) is 2.84. The maximum absolute atomic E-state index is 11.9. The molecule has 0 bridgehead atoms. The van der Waals surface area contributed by atoms with Crippen LogP contribution in [0.1, 0.15) is 16.1 Å². The summed E-state index contributed by atoms with van der Waals surface area (Å²) in [6.45, 7) is 1.89. The molecule has 0 unspecified atom stereocenters. The molecule has 0 aliphatic carbocycles. The molecule has 0 spiro atoms. The highest BCUT2D eigenvalue weighted by atomic mass is 79.9. The lowest BCUT2D eigenvalue weighted by molar-refractivity contribution is -0.402. The van der Waals surface area contributed by atoms with Gasteiger partial charge in [0.2, 0.25) is 0 Å². The number of amides is 1. The van der Waals surface area contributed by atoms with E-state index in [1.165, 1.54) is 6.07 Å². The van der Waals surface area contributed by atoms with Crippen LogP contribution in [0.4, 0.5) is 11.6 Å². The zero-order valence-electron chi connectivity index (χ0n) is 9.84. The Kier molecular flexibility index (Phi) is 3.66. The van der Waals surface area contributed by atoms with Crippen LogP contribution in [0.5, 0.6) is 0 Å². The summed E-state index contributed by atoms with van der Waals surface area (Å²) in [5.41, 5.74) is 1.53. The molecule has 19 heavy (non-hydrogen) atoms. The Balaban J connectivity index is 2.21.